The van der Waals surface area contributed by atoms with Crippen LogP contribution < -0.4 is 4.72 Å². The fraction of sp³-hybridized carbons (Fsp3) is 0.588. The van der Waals surface area contributed by atoms with Crippen molar-refractivity contribution in [2.45, 2.75) is 30.8 Å². The zero-order valence-electron chi connectivity index (χ0n) is 14.3. The molecule has 0 saturated carbocycles. The predicted molar refractivity (Wildman–Crippen MR) is 99.3 cm³/mol. The molecule has 0 radical (unpaired) electrons. The van der Waals surface area contributed by atoms with Crippen LogP contribution in [0.5, 0.6) is 0 Å². The number of hydrogen-bond acceptors (Lipinski definition) is 4. The lowest BCUT2D eigenvalue weighted by molar-refractivity contribution is -0.132. The Balaban J connectivity index is 1.82. The van der Waals surface area contributed by atoms with Gasteiger partial charge < -0.3 is 4.90 Å². The molecule has 1 aromatic carbocycles. The van der Waals surface area contributed by atoms with Crippen molar-refractivity contribution in [3.05, 3.63) is 35.9 Å². The molecule has 1 aliphatic rings. The molecule has 0 aliphatic carbocycles. The van der Waals surface area contributed by atoms with E-state index in [0.717, 1.165) is 25.1 Å². The van der Waals surface area contributed by atoms with Crippen LogP contribution in [0.4, 0.5) is 0 Å². The molecular weight excluding hydrogens is 344 g/mol. The van der Waals surface area contributed by atoms with Gasteiger partial charge in [-0.2, -0.15) is 0 Å². The van der Waals surface area contributed by atoms with Crippen molar-refractivity contribution in [3.8, 4) is 0 Å². The lowest BCUT2D eigenvalue weighted by Gasteiger charge is -2.34. The highest BCUT2D eigenvalue weighted by molar-refractivity contribution is 7.99. The lowest BCUT2D eigenvalue weighted by Crippen LogP contribution is -2.46. The molecule has 0 aromatic heterocycles. The van der Waals surface area contributed by atoms with E-state index in [1.807, 2.05) is 30.0 Å². The Kier molecular flexibility index (Phi) is 7.13. The summed E-state index contributed by atoms with van der Waals surface area (Å²) in [5.74, 6) is 1.17. The first-order valence-electron chi connectivity index (χ1n) is 8.24. The van der Waals surface area contributed by atoms with Gasteiger partial charge in [-0.05, 0) is 31.2 Å². The van der Waals surface area contributed by atoms with Gasteiger partial charge in [-0.3, -0.25) is 4.79 Å². The van der Waals surface area contributed by atoms with Gasteiger partial charge in [0, 0.05) is 25.4 Å². The largest absolute Gasteiger partial charge is 0.341 e. The van der Waals surface area contributed by atoms with Crippen LogP contribution in [0.1, 0.15) is 25.3 Å². The monoisotopic (exact) mass is 370 g/mol. The van der Waals surface area contributed by atoms with E-state index in [1.165, 1.54) is 11.8 Å². The summed E-state index contributed by atoms with van der Waals surface area (Å²) in [4.78, 5) is 14.5. The molecule has 2 atom stereocenters. The van der Waals surface area contributed by atoms with Crippen LogP contribution in [0.15, 0.2) is 30.3 Å². The van der Waals surface area contributed by atoms with Crippen LogP contribution in [0.2, 0.25) is 0 Å². The molecule has 1 aliphatic heterocycles. The minimum absolute atomic E-state index is 0.0909. The second kappa shape index (κ2) is 8.87. The average Bonchev–Trinajstić information content (AvgIpc) is 2.58. The Hall–Kier alpha value is -1.05. The van der Waals surface area contributed by atoms with E-state index in [9.17, 15) is 13.2 Å². The molecule has 134 valence electrons. The summed E-state index contributed by atoms with van der Waals surface area (Å²) in [5.41, 5.74) is 1.22. The van der Waals surface area contributed by atoms with E-state index >= 15 is 0 Å². The maximum absolute atomic E-state index is 12.6. The number of rotatable bonds is 7. The molecule has 0 unspecified atom stereocenters. The van der Waals surface area contributed by atoms with Crippen LogP contribution in [-0.2, 0) is 20.6 Å². The number of amides is 1. The fourth-order valence-corrected chi connectivity index (χ4v) is 4.29. The molecular formula is C17H26N2O3S2. The Bertz CT molecular complexity index is 634. The van der Waals surface area contributed by atoms with Crippen molar-refractivity contribution in [3.63, 3.8) is 0 Å². The number of hydrogen-bond donors (Lipinski definition) is 1. The molecule has 24 heavy (non-hydrogen) atoms. The first-order chi connectivity index (χ1) is 11.3. The standard InChI is InChI=1S/C17H26N2O3S2/c1-14(23-13-15-7-4-3-5-8-15)17(20)19-10-6-9-16(12-19)11-18-24(2,21)22/h3-5,7-8,14,16,18H,6,9-13H2,1-2H3/t14-,16+/m0/s1. The van der Waals surface area contributed by atoms with Crippen molar-refractivity contribution < 1.29 is 13.2 Å². The molecule has 0 spiro atoms. The number of likely N-dealkylation sites (tertiary alicyclic amines) is 1. The summed E-state index contributed by atoms with van der Waals surface area (Å²) in [7, 11) is -3.17. The minimum Gasteiger partial charge on any atom is -0.341 e. The van der Waals surface area contributed by atoms with E-state index in [4.69, 9.17) is 0 Å². The van der Waals surface area contributed by atoms with Crippen LogP contribution in [0.25, 0.3) is 0 Å². The summed E-state index contributed by atoms with van der Waals surface area (Å²) in [6.07, 6.45) is 3.05. The summed E-state index contributed by atoms with van der Waals surface area (Å²) >= 11 is 1.65. The molecule has 5 nitrogen and oxygen atoms in total. The number of sulfonamides is 1. The molecule has 7 heteroatoms. The highest BCUT2D eigenvalue weighted by Crippen LogP contribution is 2.23. The van der Waals surface area contributed by atoms with E-state index < -0.39 is 10.0 Å². The smallest absolute Gasteiger partial charge is 0.235 e. The highest BCUT2D eigenvalue weighted by atomic mass is 32.2. The SMILES string of the molecule is C[C@H](SCc1ccccc1)C(=O)N1CCC[C@H](CNS(C)(=O)=O)C1. The number of nitrogens with zero attached hydrogens (tertiary/aromatic N) is 1. The number of piperidine rings is 1. The van der Waals surface area contributed by atoms with Gasteiger partial charge in [0.1, 0.15) is 0 Å². The number of carbonyl (C=O) groups excluding carboxylic acids is 1. The summed E-state index contributed by atoms with van der Waals surface area (Å²) in [5, 5.41) is -0.0909. The second-order valence-corrected chi connectivity index (χ2v) is 9.51. The van der Waals surface area contributed by atoms with Crippen LogP contribution in [-0.4, -0.2) is 50.4 Å². The molecule has 0 bridgehead atoms. The third-order valence-corrected chi connectivity index (χ3v) is 6.05. The fourth-order valence-electron chi connectivity index (χ4n) is 2.82. The van der Waals surface area contributed by atoms with Gasteiger partial charge in [-0.25, -0.2) is 13.1 Å². The van der Waals surface area contributed by atoms with E-state index in [2.05, 4.69) is 16.9 Å². The van der Waals surface area contributed by atoms with Gasteiger partial charge >= 0.3 is 0 Å². The van der Waals surface area contributed by atoms with Crippen molar-refractivity contribution >= 4 is 27.7 Å². The van der Waals surface area contributed by atoms with Crippen molar-refractivity contribution in [2.75, 3.05) is 25.9 Å². The zero-order chi connectivity index (χ0) is 17.6. The van der Waals surface area contributed by atoms with Gasteiger partial charge in [-0.1, -0.05) is 30.3 Å². The first-order valence-corrected chi connectivity index (χ1v) is 11.2. The normalized spacial score (nSPS) is 19.9. The molecule has 1 saturated heterocycles. The number of thioether (sulfide) groups is 1. The zero-order valence-corrected chi connectivity index (χ0v) is 15.9. The maximum atomic E-state index is 12.6. The molecule has 2 rings (SSSR count). The first kappa shape index (κ1) is 19.3. The summed E-state index contributed by atoms with van der Waals surface area (Å²) in [6.45, 7) is 3.77. The number of carbonyl (C=O) groups is 1. The molecule has 1 N–H and O–H groups in total. The Labute approximate surface area is 149 Å². The molecule has 1 heterocycles. The quantitative estimate of drug-likeness (QED) is 0.798. The van der Waals surface area contributed by atoms with Gasteiger partial charge in [0.2, 0.25) is 15.9 Å². The van der Waals surface area contributed by atoms with Gasteiger partial charge in [0.05, 0.1) is 11.5 Å². The number of nitrogens with one attached hydrogen (secondary N) is 1. The van der Waals surface area contributed by atoms with Crippen LogP contribution >= 0.6 is 11.8 Å². The molecule has 1 aromatic rings. The lowest BCUT2D eigenvalue weighted by atomic mass is 9.98. The van der Waals surface area contributed by atoms with Crippen LogP contribution in [0, 0.1) is 5.92 Å². The summed E-state index contributed by atoms with van der Waals surface area (Å²) in [6, 6.07) is 10.1. The van der Waals surface area contributed by atoms with Crippen molar-refractivity contribution in [1.82, 2.24) is 9.62 Å². The topological polar surface area (TPSA) is 66.5 Å². The van der Waals surface area contributed by atoms with E-state index in [0.29, 0.717) is 13.1 Å². The summed E-state index contributed by atoms with van der Waals surface area (Å²) < 4.78 is 25.0. The van der Waals surface area contributed by atoms with E-state index in [1.54, 1.807) is 11.8 Å². The Morgan fingerprint density at radius 2 is 2.08 bits per heavy atom. The molecule has 1 fully saturated rings. The minimum atomic E-state index is -3.17. The third-order valence-electron chi connectivity index (χ3n) is 4.16. The molecule has 1 amide bonds. The van der Waals surface area contributed by atoms with Crippen molar-refractivity contribution in [2.24, 2.45) is 5.92 Å². The highest BCUT2D eigenvalue weighted by Gasteiger charge is 2.27. The van der Waals surface area contributed by atoms with Crippen LogP contribution in [0.3, 0.4) is 0 Å². The van der Waals surface area contributed by atoms with Crippen molar-refractivity contribution in [1.29, 1.82) is 0 Å². The predicted octanol–water partition coefficient (Wildman–Crippen LogP) is 2.10. The Morgan fingerprint density at radius 1 is 1.38 bits per heavy atom. The second-order valence-electron chi connectivity index (χ2n) is 6.35. The Morgan fingerprint density at radius 3 is 2.75 bits per heavy atom. The van der Waals surface area contributed by atoms with Gasteiger partial charge in [0.15, 0.2) is 0 Å². The van der Waals surface area contributed by atoms with Gasteiger partial charge in [0.25, 0.3) is 0 Å². The van der Waals surface area contributed by atoms with E-state index in [-0.39, 0.29) is 17.1 Å². The number of benzene rings is 1. The van der Waals surface area contributed by atoms with Gasteiger partial charge in [-0.15, -0.1) is 11.8 Å². The average molecular weight is 371 g/mol. The third kappa shape index (κ3) is 6.45. The maximum Gasteiger partial charge on any atom is 0.235 e.